The van der Waals surface area contributed by atoms with Crippen LogP contribution in [0.1, 0.15) is 34.1 Å². The minimum absolute atomic E-state index is 0.555. The number of aromatic amines is 1. The Balaban J connectivity index is 1.86. The molecule has 0 aliphatic heterocycles. The Kier molecular flexibility index (Phi) is 5.43. The fourth-order valence-electron chi connectivity index (χ4n) is 4.37. The number of aliphatic hydroxyl groups excluding tert-OH is 1. The molecule has 0 radical (unpaired) electrons. The lowest BCUT2D eigenvalue weighted by atomic mass is 9.80. The molecule has 0 aliphatic carbocycles. The van der Waals surface area contributed by atoms with Crippen LogP contribution in [0.25, 0.3) is 10.9 Å². The van der Waals surface area contributed by atoms with Crippen molar-refractivity contribution in [2.24, 2.45) is 0 Å². The number of fused-ring (bicyclic) bond motifs is 1. The minimum atomic E-state index is -1.49. The van der Waals surface area contributed by atoms with E-state index in [0.717, 1.165) is 32.1 Å². The van der Waals surface area contributed by atoms with Crippen molar-refractivity contribution >= 4 is 26.8 Å². The molecule has 0 aliphatic rings. The Labute approximate surface area is 195 Å². The molecule has 0 fully saturated rings. The van der Waals surface area contributed by atoms with Gasteiger partial charge in [0.25, 0.3) is 0 Å². The first kappa shape index (κ1) is 20.7. The van der Waals surface area contributed by atoms with Crippen molar-refractivity contribution in [1.82, 2.24) is 4.98 Å². The van der Waals surface area contributed by atoms with Crippen LogP contribution >= 0.6 is 15.9 Å². The molecule has 0 spiro atoms. The van der Waals surface area contributed by atoms with E-state index in [9.17, 15) is 10.2 Å². The Morgan fingerprint density at radius 2 is 1.25 bits per heavy atom. The molecule has 158 valence electrons. The van der Waals surface area contributed by atoms with Gasteiger partial charge in [-0.05, 0) is 34.9 Å². The minimum Gasteiger partial charge on any atom is -0.384 e. The van der Waals surface area contributed by atoms with Crippen molar-refractivity contribution in [2.45, 2.75) is 11.7 Å². The summed E-state index contributed by atoms with van der Waals surface area (Å²) in [7, 11) is 0. The maximum absolute atomic E-state index is 12.4. The maximum atomic E-state index is 12.4. The van der Waals surface area contributed by atoms with Gasteiger partial charge in [-0.15, -0.1) is 0 Å². The number of hydrogen-bond acceptors (Lipinski definition) is 2. The molecule has 4 aromatic carbocycles. The number of rotatable bonds is 5. The molecule has 1 aromatic heterocycles. The quantitative estimate of drug-likeness (QED) is 0.274. The van der Waals surface area contributed by atoms with Crippen LogP contribution in [-0.2, 0) is 5.60 Å². The first-order valence-electron chi connectivity index (χ1n) is 10.5. The Hall–Kier alpha value is -3.18. The van der Waals surface area contributed by atoms with Gasteiger partial charge in [-0.3, -0.25) is 0 Å². The van der Waals surface area contributed by atoms with Crippen molar-refractivity contribution < 1.29 is 10.2 Å². The van der Waals surface area contributed by atoms with Gasteiger partial charge < -0.3 is 15.2 Å². The van der Waals surface area contributed by atoms with Gasteiger partial charge in [0.05, 0.1) is 5.69 Å². The molecule has 32 heavy (non-hydrogen) atoms. The van der Waals surface area contributed by atoms with E-state index in [2.05, 4.69) is 20.9 Å². The van der Waals surface area contributed by atoms with Gasteiger partial charge in [-0.1, -0.05) is 107 Å². The number of halogens is 1. The molecule has 1 unspecified atom stereocenters. The summed E-state index contributed by atoms with van der Waals surface area (Å²) < 4.78 is 0.903. The van der Waals surface area contributed by atoms with Gasteiger partial charge in [0.2, 0.25) is 0 Å². The highest BCUT2D eigenvalue weighted by Gasteiger charge is 2.39. The van der Waals surface area contributed by atoms with Gasteiger partial charge in [0.15, 0.2) is 5.60 Å². The van der Waals surface area contributed by atoms with Crippen LogP contribution in [-0.4, -0.2) is 15.2 Å². The number of nitrogens with one attached hydrogen (secondary N) is 1. The smallest absolute Gasteiger partial charge is 0.155 e. The molecular formula is C28H22BrNO2. The second-order valence-corrected chi connectivity index (χ2v) is 8.77. The Bertz CT molecular complexity index is 1310. The molecule has 1 atom stereocenters. The Morgan fingerprint density at radius 3 is 1.81 bits per heavy atom. The SMILES string of the molecule is OC(c1ccccc1)c1c(C(O)(c2ccccc2)c2ccccc2)[nH]c2ccc(Br)cc12. The van der Waals surface area contributed by atoms with E-state index in [-0.39, 0.29) is 0 Å². The summed E-state index contributed by atoms with van der Waals surface area (Å²) in [4.78, 5) is 3.45. The first-order valence-corrected chi connectivity index (χ1v) is 11.3. The van der Waals surface area contributed by atoms with Gasteiger partial charge in [0, 0.05) is 20.9 Å². The molecule has 5 rings (SSSR count). The van der Waals surface area contributed by atoms with Crippen LogP contribution in [0.5, 0.6) is 0 Å². The topological polar surface area (TPSA) is 56.2 Å². The zero-order chi connectivity index (χ0) is 22.1. The van der Waals surface area contributed by atoms with E-state index < -0.39 is 11.7 Å². The summed E-state index contributed by atoms with van der Waals surface area (Å²) in [5, 5.41) is 24.8. The molecular weight excluding hydrogens is 462 g/mol. The number of hydrogen-bond donors (Lipinski definition) is 3. The summed E-state index contributed by atoms with van der Waals surface area (Å²) in [6, 6.07) is 34.6. The molecule has 0 bridgehead atoms. The van der Waals surface area contributed by atoms with Crippen molar-refractivity contribution in [3.05, 3.63) is 142 Å². The first-order chi connectivity index (χ1) is 15.6. The van der Waals surface area contributed by atoms with Crippen molar-refractivity contribution in [3.63, 3.8) is 0 Å². The largest absolute Gasteiger partial charge is 0.384 e. The lowest BCUT2D eigenvalue weighted by Crippen LogP contribution is -2.31. The number of benzene rings is 4. The third kappa shape index (κ3) is 3.47. The van der Waals surface area contributed by atoms with E-state index in [1.807, 2.05) is 109 Å². The summed E-state index contributed by atoms with van der Waals surface area (Å²) in [6.07, 6.45) is -0.923. The average molecular weight is 484 g/mol. The fraction of sp³-hybridized carbons (Fsp3) is 0.0714. The molecule has 3 nitrogen and oxygen atoms in total. The molecule has 5 aromatic rings. The Morgan fingerprint density at radius 1 is 0.719 bits per heavy atom. The highest BCUT2D eigenvalue weighted by atomic mass is 79.9. The monoisotopic (exact) mass is 483 g/mol. The number of aromatic nitrogens is 1. The molecule has 1 heterocycles. The third-order valence-electron chi connectivity index (χ3n) is 5.93. The zero-order valence-electron chi connectivity index (χ0n) is 17.2. The van der Waals surface area contributed by atoms with E-state index >= 15 is 0 Å². The predicted octanol–water partition coefficient (Wildman–Crippen LogP) is 6.30. The van der Waals surface area contributed by atoms with Crippen LogP contribution < -0.4 is 0 Å². The van der Waals surface area contributed by atoms with E-state index in [0.29, 0.717) is 11.3 Å². The molecule has 0 saturated carbocycles. The van der Waals surface area contributed by atoms with Crippen molar-refractivity contribution in [3.8, 4) is 0 Å². The van der Waals surface area contributed by atoms with Crippen molar-refractivity contribution in [2.75, 3.05) is 0 Å². The van der Waals surface area contributed by atoms with E-state index in [1.165, 1.54) is 0 Å². The normalized spacial score (nSPS) is 12.7. The van der Waals surface area contributed by atoms with Crippen LogP contribution in [0.15, 0.2) is 114 Å². The molecule has 0 saturated heterocycles. The lowest BCUT2D eigenvalue weighted by molar-refractivity contribution is 0.116. The summed E-state index contributed by atoms with van der Waals surface area (Å²) in [5.41, 5.74) is 2.77. The summed E-state index contributed by atoms with van der Waals surface area (Å²) >= 11 is 3.56. The fourth-order valence-corrected chi connectivity index (χ4v) is 4.73. The second kappa shape index (κ2) is 8.40. The predicted molar refractivity (Wildman–Crippen MR) is 131 cm³/mol. The van der Waals surface area contributed by atoms with E-state index in [1.54, 1.807) is 0 Å². The maximum Gasteiger partial charge on any atom is 0.155 e. The van der Waals surface area contributed by atoms with Crippen LogP contribution in [0.3, 0.4) is 0 Å². The van der Waals surface area contributed by atoms with Gasteiger partial charge in [-0.25, -0.2) is 0 Å². The molecule has 3 N–H and O–H groups in total. The van der Waals surface area contributed by atoms with Crippen LogP contribution in [0, 0.1) is 0 Å². The number of aliphatic hydroxyl groups is 2. The van der Waals surface area contributed by atoms with E-state index in [4.69, 9.17) is 0 Å². The third-order valence-corrected chi connectivity index (χ3v) is 6.43. The highest BCUT2D eigenvalue weighted by molar-refractivity contribution is 9.10. The summed E-state index contributed by atoms with van der Waals surface area (Å²) in [6.45, 7) is 0. The second-order valence-electron chi connectivity index (χ2n) is 7.86. The average Bonchev–Trinajstić information content (AvgIpc) is 3.23. The lowest BCUT2D eigenvalue weighted by Gasteiger charge is -2.31. The molecule has 4 heteroatoms. The van der Waals surface area contributed by atoms with Crippen LogP contribution in [0.2, 0.25) is 0 Å². The zero-order valence-corrected chi connectivity index (χ0v) is 18.8. The van der Waals surface area contributed by atoms with Crippen molar-refractivity contribution in [1.29, 1.82) is 0 Å². The summed E-state index contributed by atoms with van der Waals surface area (Å²) in [5.74, 6) is 0. The van der Waals surface area contributed by atoms with Crippen LogP contribution in [0.4, 0.5) is 0 Å². The number of H-pyrrole nitrogens is 1. The van der Waals surface area contributed by atoms with Gasteiger partial charge >= 0.3 is 0 Å². The van der Waals surface area contributed by atoms with Gasteiger partial charge in [-0.2, -0.15) is 0 Å². The van der Waals surface area contributed by atoms with Gasteiger partial charge in [0.1, 0.15) is 6.10 Å². The standard InChI is InChI=1S/C28H22BrNO2/c29-22-16-17-24-23(18-22)25(26(31)19-10-4-1-5-11-19)27(30-24)28(32,20-12-6-2-7-13-20)21-14-8-3-9-15-21/h1-18,26,30-32H. The molecule has 0 amide bonds. The highest BCUT2D eigenvalue weighted by Crippen LogP contribution is 2.44.